The van der Waals surface area contributed by atoms with E-state index in [2.05, 4.69) is 40.9 Å². The van der Waals surface area contributed by atoms with Crippen LogP contribution in [-0.2, 0) is 12.8 Å². The number of thiophene rings is 1. The molecule has 5 heteroatoms. The number of aromatic amines is 1. The highest BCUT2D eigenvalue weighted by atomic mass is 32.1. The predicted octanol–water partition coefficient (Wildman–Crippen LogP) is 3.52. The summed E-state index contributed by atoms with van der Waals surface area (Å²) in [5, 5.41) is 11.3. The average molecular weight is 305 g/mol. The molecule has 21 heavy (non-hydrogen) atoms. The molecule has 2 rings (SSSR count). The van der Waals surface area contributed by atoms with Crippen molar-refractivity contribution in [1.82, 2.24) is 15.1 Å². The molecular formula is C16H23N3OS. The summed E-state index contributed by atoms with van der Waals surface area (Å²) in [6, 6.07) is 4.17. The molecule has 0 fully saturated rings. The minimum atomic E-state index is 0.0128. The van der Waals surface area contributed by atoms with Crippen molar-refractivity contribution in [2.45, 2.75) is 46.1 Å². The number of carbonyl (C=O) groups excluding carboxylic acids is 1. The van der Waals surface area contributed by atoms with E-state index in [1.807, 2.05) is 17.9 Å². The number of nitrogens with one attached hydrogen (secondary N) is 1. The number of hydrogen-bond donors (Lipinski definition) is 1. The number of carbonyl (C=O) groups is 1. The van der Waals surface area contributed by atoms with Crippen LogP contribution in [-0.4, -0.2) is 33.6 Å². The number of rotatable bonds is 7. The molecule has 0 aliphatic carbocycles. The van der Waals surface area contributed by atoms with Crippen molar-refractivity contribution in [3.8, 4) is 0 Å². The molecule has 1 N–H and O–H groups in total. The fourth-order valence-electron chi connectivity index (χ4n) is 2.53. The van der Waals surface area contributed by atoms with Gasteiger partial charge in [-0.25, -0.2) is 0 Å². The van der Waals surface area contributed by atoms with Gasteiger partial charge in [0.15, 0.2) is 0 Å². The summed E-state index contributed by atoms with van der Waals surface area (Å²) in [7, 11) is 0. The maximum absolute atomic E-state index is 12.6. The van der Waals surface area contributed by atoms with Crippen LogP contribution >= 0.6 is 11.3 Å². The number of hydrogen-bond acceptors (Lipinski definition) is 3. The Bertz CT molecular complexity index is 562. The van der Waals surface area contributed by atoms with Crippen LogP contribution in [0.3, 0.4) is 0 Å². The Hall–Kier alpha value is -1.62. The molecule has 0 aromatic carbocycles. The Labute approximate surface area is 130 Å². The molecular weight excluding hydrogens is 282 g/mol. The Balaban J connectivity index is 2.06. The molecule has 0 aliphatic heterocycles. The second-order valence-corrected chi connectivity index (χ2v) is 6.08. The Morgan fingerprint density at radius 1 is 1.48 bits per heavy atom. The lowest BCUT2D eigenvalue weighted by Gasteiger charge is -2.27. The lowest BCUT2D eigenvalue weighted by Crippen LogP contribution is -2.39. The van der Waals surface area contributed by atoms with Crippen molar-refractivity contribution in [3.05, 3.63) is 39.8 Å². The summed E-state index contributed by atoms with van der Waals surface area (Å²) in [4.78, 5) is 14.5. The second-order valence-electron chi connectivity index (χ2n) is 5.30. The molecule has 2 aromatic heterocycles. The van der Waals surface area contributed by atoms with Gasteiger partial charge in [-0.05, 0) is 55.1 Å². The standard InChI is InChI=1S/C16H23N3OS/c1-4-6-14-10-15(18-17-14)16(20)19(5-2)12(3)9-13-7-8-21-11-13/h7-8,10-12H,4-6,9H2,1-3H3,(H,17,18)/t12-/m0/s1. The van der Waals surface area contributed by atoms with Gasteiger partial charge < -0.3 is 4.90 Å². The second kappa shape index (κ2) is 7.41. The molecule has 2 heterocycles. The molecule has 0 unspecified atom stereocenters. The molecule has 0 bridgehead atoms. The number of amides is 1. The number of nitrogens with zero attached hydrogens (tertiary/aromatic N) is 2. The van der Waals surface area contributed by atoms with Crippen LogP contribution in [0.4, 0.5) is 0 Å². The SMILES string of the molecule is CCCc1cc(C(=O)N(CC)[C@@H](C)Cc2ccsc2)n[nH]1. The van der Waals surface area contributed by atoms with Crippen LogP contribution in [0, 0.1) is 0 Å². The van der Waals surface area contributed by atoms with Gasteiger partial charge >= 0.3 is 0 Å². The maximum atomic E-state index is 12.6. The molecule has 114 valence electrons. The van der Waals surface area contributed by atoms with Crippen molar-refractivity contribution in [2.75, 3.05) is 6.54 Å². The monoisotopic (exact) mass is 305 g/mol. The molecule has 0 saturated heterocycles. The number of likely N-dealkylation sites (N-methyl/N-ethyl adjacent to an activating group) is 1. The van der Waals surface area contributed by atoms with Gasteiger partial charge in [0.1, 0.15) is 5.69 Å². The van der Waals surface area contributed by atoms with Gasteiger partial charge in [0, 0.05) is 18.3 Å². The Morgan fingerprint density at radius 3 is 2.90 bits per heavy atom. The molecule has 0 aliphatic rings. The summed E-state index contributed by atoms with van der Waals surface area (Å²) in [5.74, 6) is 0.0128. The van der Waals surface area contributed by atoms with Crippen molar-refractivity contribution in [1.29, 1.82) is 0 Å². The molecule has 0 spiro atoms. The molecule has 1 atom stereocenters. The van der Waals surface area contributed by atoms with Crippen molar-refractivity contribution < 1.29 is 4.79 Å². The van der Waals surface area contributed by atoms with Crippen LogP contribution in [0.1, 0.15) is 48.9 Å². The molecule has 0 saturated carbocycles. The third-order valence-corrected chi connectivity index (χ3v) is 4.35. The minimum absolute atomic E-state index is 0.0128. The van der Waals surface area contributed by atoms with Crippen molar-refractivity contribution in [3.63, 3.8) is 0 Å². The molecule has 2 aromatic rings. The van der Waals surface area contributed by atoms with Gasteiger partial charge in [-0.3, -0.25) is 9.89 Å². The van der Waals surface area contributed by atoms with E-state index < -0.39 is 0 Å². The highest BCUT2D eigenvalue weighted by molar-refractivity contribution is 7.07. The fourth-order valence-corrected chi connectivity index (χ4v) is 3.21. The first-order valence-electron chi connectivity index (χ1n) is 7.52. The van der Waals surface area contributed by atoms with E-state index in [-0.39, 0.29) is 11.9 Å². The zero-order valence-electron chi connectivity index (χ0n) is 12.9. The molecule has 1 amide bonds. The van der Waals surface area contributed by atoms with E-state index in [9.17, 15) is 4.79 Å². The van der Waals surface area contributed by atoms with Gasteiger partial charge in [-0.2, -0.15) is 16.4 Å². The number of aryl methyl sites for hydroxylation is 1. The number of aromatic nitrogens is 2. The highest BCUT2D eigenvalue weighted by Gasteiger charge is 2.22. The van der Waals surface area contributed by atoms with Crippen LogP contribution in [0.15, 0.2) is 22.9 Å². The van der Waals surface area contributed by atoms with Gasteiger partial charge in [-0.15, -0.1) is 0 Å². The number of H-pyrrole nitrogens is 1. The summed E-state index contributed by atoms with van der Waals surface area (Å²) >= 11 is 1.69. The third kappa shape index (κ3) is 3.94. The lowest BCUT2D eigenvalue weighted by atomic mass is 10.1. The first-order chi connectivity index (χ1) is 10.2. The van der Waals surface area contributed by atoms with E-state index in [0.717, 1.165) is 25.0 Å². The van der Waals surface area contributed by atoms with Gasteiger partial charge in [0.2, 0.25) is 0 Å². The third-order valence-electron chi connectivity index (χ3n) is 3.61. The predicted molar refractivity (Wildman–Crippen MR) is 86.8 cm³/mol. The zero-order valence-corrected chi connectivity index (χ0v) is 13.7. The first-order valence-corrected chi connectivity index (χ1v) is 8.46. The topological polar surface area (TPSA) is 49.0 Å². The lowest BCUT2D eigenvalue weighted by molar-refractivity contribution is 0.0697. The van der Waals surface area contributed by atoms with Gasteiger partial charge in [-0.1, -0.05) is 13.3 Å². The van der Waals surface area contributed by atoms with Crippen LogP contribution in [0.25, 0.3) is 0 Å². The largest absolute Gasteiger partial charge is 0.334 e. The summed E-state index contributed by atoms with van der Waals surface area (Å²) in [6.07, 6.45) is 2.86. The van der Waals surface area contributed by atoms with Gasteiger partial charge in [0.05, 0.1) is 0 Å². The first kappa shape index (κ1) is 15.8. The molecule has 4 nitrogen and oxygen atoms in total. The Morgan fingerprint density at radius 2 is 2.29 bits per heavy atom. The van der Waals surface area contributed by atoms with E-state index >= 15 is 0 Å². The smallest absolute Gasteiger partial charge is 0.274 e. The zero-order chi connectivity index (χ0) is 15.2. The normalized spacial score (nSPS) is 12.3. The van der Waals surface area contributed by atoms with Gasteiger partial charge in [0.25, 0.3) is 5.91 Å². The van der Waals surface area contributed by atoms with E-state index in [1.165, 1.54) is 5.56 Å². The average Bonchev–Trinajstić information content (AvgIpc) is 3.11. The highest BCUT2D eigenvalue weighted by Crippen LogP contribution is 2.15. The van der Waals surface area contributed by atoms with E-state index in [1.54, 1.807) is 11.3 Å². The summed E-state index contributed by atoms with van der Waals surface area (Å²) in [5.41, 5.74) is 2.84. The fraction of sp³-hybridized carbons (Fsp3) is 0.500. The van der Waals surface area contributed by atoms with Crippen LogP contribution in [0.5, 0.6) is 0 Å². The van der Waals surface area contributed by atoms with Crippen molar-refractivity contribution >= 4 is 17.2 Å². The quantitative estimate of drug-likeness (QED) is 0.851. The Kier molecular flexibility index (Phi) is 5.56. The van der Waals surface area contributed by atoms with Crippen molar-refractivity contribution in [2.24, 2.45) is 0 Å². The summed E-state index contributed by atoms with van der Waals surface area (Å²) < 4.78 is 0. The summed E-state index contributed by atoms with van der Waals surface area (Å²) in [6.45, 7) is 6.92. The molecule has 0 radical (unpaired) electrons. The minimum Gasteiger partial charge on any atom is -0.334 e. The van der Waals surface area contributed by atoms with Crippen LogP contribution in [0.2, 0.25) is 0 Å². The van der Waals surface area contributed by atoms with Crippen LogP contribution < -0.4 is 0 Å². The van der Waals surface area contributed by atoms with E-state index in [0.29, 0.717) is 12.2 Å². The maximum Gasteiger partial charge on any atom is 0.274 e. The van der Waals surface area contributed by atoms with E-state index in [4.69, 9.17) is 0 Å².